The van der Waals surface area contributed by atoms with Gasteiger partial charge in [0.15, 0.2) is 22.2 Å². The van der Waals surface area contributed by atoms with Gasteiger partial charge in [-0.15, -0.1) is 0 Å². The van der Waals surface area contributed by atoms with Gasteiger partial charge in [0.2, 0.25) is 0 Å². The van der Waals surface area contributed by atoms with E-state index in [1.54, 1.807) is 6.92 Å². The maximum Gasteiger partial charge on any atom is 0.181 e. The Kier molecular flexibility index (Phi) is 2.96. The molecule has 0 amide bonds. The van der Waals surface area contributed by atoms with E-state index in [1.165, 1.54) is 0 Å². The molecule has 0 bridgehead atoms. The lowest BCUT2D eigenvalue weighted by Crippen LogP contribution is -2.44. The average molecular weight is 151 g/mol. The second-order valence-electron chi connectivity index (χ2n) is 1.68. The Bertz CT molecular complexity index is 138. The lowest BCUT2D eigenvalue weighted by molar-refractivity contribution is -0.110. The molecule has 0 aliphatic carbocycles. The third-order valence-electron chi connectivity index (χ3n) is 1.08. The van der Waals surface area contributed by atoms with Crippen molar-refractivity contribution in [2.45, 2.75) is 18.2 Å². The molecule has 3 N–H and O–H groups in total. The summed E-state index contributed by atoms with van der Waals surface area (Å²) in [4.78, 5) is 8.45. The van der Waals surface area contributed by atoms with Crippen LogP contribution >= 0.6 is 0 Å². The first-order chi connectivity index (χ1) is 4.06. The highest BCUT2D eigenvalue weighted by atomic mass is 32.2. The Morgan fingerprint density at radius 1 is 1.89 bits per heavy atom. The maximum absolute atomic E-state index is 10.2. The topological polar surface area (TPSA) is 80.4 Å². The second kappa shape index (κ2) is 3.05. The first-order valence-corrected chi connectivity index (χ1v) is 3.53. The van der Waals surface area contributed by atoms with Crippen molar-refractivity contribution in [3.8, 4) is 0 Å². The molecular formula is C4H9NO3S. The molecule has 0 aliphatic rings. The molecule has 2 atom stereocenters. The van der Waals surface area contributed by atoms with Gasteiger partial charge < -0.3 is 15.1 Å². The number of aldehydes is 1. The van der Waals surface area contributed by atoms with Crippen LogP contribution in [0.4, 0.5) is 0 Å². The fraction of sp³-hybridized carbons (Fsp3) is 0.750. The zero-order valence-electron chi connectivity index (χ0n) is 5.03. The first-order valence-electron chi connectivity index (χ1n) is 2.43. The largest absolute Gasteiger partial charge is 0.307 e. The fourth-order valence-corrected chi connectivity index (χ4v) is 0.577. The maximum atomic E-state index is 10.2. The van der Waals surface area contributed by atoms with E-state index < -0.39 is 16.0 Å². The highest BCUT2D eigenvalue weighted by Gasteiger charge is 2.28. The van der Waals surface area contributed by atoms with Crippen molar-refractivity contribution in [3.63, 3.8) is 0 Å². The van der Waals surface area contributed by atoms with Gasteiger partial charge in [-0.3, -0.25) is 0 Å². The molecule has 0 aromatic rings. The first kappa shape index (κ1) is 8.74. The van der Waals surface area contributed by atoms with Crippen LogP contribution in [0.25, 0.3) is 0 Å². The van der Waals surface area contributed by atoms with Gasteiger partial charge in [-0.1, -0.05) is 6.92 Å². The Balaban J connectivity index is 4.27. The normalized spacial score (nSPS) is 20.3. The number of carbonyl (C=O) groups excluding carboxylic acids is 1. The summed E-state index contributed by atoms with van der Waals surface area (Å²) in [5, 5.41) is 0. The van der Waals surface area contributed by atoms with Crippen LogP contribution in [0.3, 0.4) is 0 Å². The zero-order valence-corrected chi connectivity index (χ0v) is 5.85. The van der Waals surface area contributed by atoms with Crippen LogP contribution < -0.4 is 5.73 Å². The molecule has 4 nitrogen and oxygen atoms in total. The van der Waals surface area contributed by atoms with Crippen molar-refractivity contribution in [2.24, 2.45) is 5.73 Å². The molecule has 0 aromatic carbocycles. The number of rotatable bonds is 3. The van der Waals surface area contributed by atoms with Crippen LogP contribution in [-0.4, -0.2) is 19.9 Å². The van der Waals surface area contributed by atoms with Crippen molar-refractivity contribution in [2.75, 3.05) is 0 Å². The molecule has 0 fully saturated rings. The monoisotopic (exact) mass is 151 g/mol. The molecule has 0 rings (SSSR count). The quantitative estimate of drug-likeness (QED) is 0.420. The Labute approximate surface area is 55.7 Å². The standard InChI is InChI=1S/C4H9NO3S/c1-2-4(5,3-6)9(7)8/h3H,2,5H2,1H3,(H,7,8). The second-order valence-corrected chi connectivity index (χ2v) is 2.93. The minimum atomic E-state index is -2.26. The average Bonchev–Trinajstić information content (AvgIpc) is 1.86. The van der Waals surface area contributed by atoms with E-state index in [0.29, 0.717) is 6.29 Å². The molecule has 54 valence electrons. The van der Waals surface area contributed by atoms with Crippen LogP contribution in [0, 0.1) is 0 Å². The molecule has 2 unspecified atom stereocenters. The smallest absolute Gasteiger partial charge is 0.181 e. The summed E-state index contributed by atoms with van der Waals surface area (Å²) in [5.41, 5.74) is 5.12. The number of carbonyl (C=O) groups is 1. The molecule has 5 heteroatoms. The van der Waals surface area contributed by atoms with Crippen molar-refractivity contribution in [1.29, 1.82) is 0 Å². The predicted molar refractivity (Wildman–Crippen MR) is 34.0 cm³/mol. The van der Waals surface area contributed by atoms with Crippen LogP contribution in [0.1, 0.15) is 13.3 Å². The van der Waals surface area contributed by atoms with Gasteiger partial charge in [-0.25, -0.2) is 4.21 Å². The Hall–Kier alpha value is -0.260. The van der Waals surface area contributed by atoms with Crippen LogP contribution in [0.15, 0.2) is 0 Å². The van der Waals surface area contributed by atoms with E-state index in [0.717, 1.165) is 0 Å². The molecule has 0 radical (unpaired) electrons. The highest BCUT2D eigenvalue weighted by Crippen LogP contribution is 2.05. The van der Waals surface area contributed by atoms with Crippen LogP contribution in [-0.2, 0) is 15.9 Å². The summed E-state index contributed by atoms with van der Waals surface area (Å²) in [6, 6.07) is 0. The minimum Gasteiger partial charge on any atom is -0.307 e. The van der Waals surface area contributed by atoms with Crippen LogP contribution in [0.5, 0.6) is 0 Å². The molecule has 0 saturated heterocycles. The van der Waals surface area contributed by atoms with Crippen molar-refractivity contribution >= 4 is 17.4 Å². The third kappa shape index (κ3) is 1.85. The lowest BCUT2D eigenvalue weighted by Gasteiger charge is -2.14. The molecule has 0 heterocycles. The van der Waals surface area contributed by atoms with Crippen molar-refractivity contribution in [3.05, 3.63) is 0 Å². The van der Waals surface area contributed by atoms with Gasteiger partial charge in [0, 0.05) is 0 Å². The van der Waals surface area contributed by atoms with Gasteiger partial charge in [0.05, 0.1) is 0 Å². The van der Waals surface area contributed by atoms with Crippen LogP contribution in [0.2, 0.25) is 0 Å². The number of nitrogens with two attached hydrogens (primary N) is 1. The van der Waals surface area contributed by atoms with Crippen molar-refractivity contribution < 1.29 is 13.6 Å². The van der Waals surface area contributed by atoms with Gasteiger partial charge in [-0.05, 0) is 6.42 Å². The van der Waals surface area contributed by atoms with Gasteiger partial charge >= 0.3 is 0 Å². The molecular weight excluding hydrogens is 142 g/mol. The van der Waals surface area contributed by atoms with E-state index in [-0.39, 0.29) is 6.42 Å². The zero-order chi connectivity index (χ0) is 7.49. The number of hydrogen-bond donors (Lipinski definition) is 2. The summed E-state index contributed by atoms with van der Waals surface area (Å²) in [5.74, 6) is 0. The third-order valence-corrected chi connectivity index (χ3v) is 2.11. The summed E-state index contributed by atoms with van der Waals surface area (Å²) in [6.45, 7) is 1.57. The van der Waals surface area contributed by atoms with E-state index >= 15 is 0 Å². The molecule has 0 spiro atoms. The number of hydrogen-bond acceptors (Lipinski definition) is 3. The molecule has 0 aliphatic heterocycles. The summed E-state index contributed by atoms with van der Waals surface area (Å²) in [6.07, 6.45) is 0.461. The van der Waals surface area contributed by atoms with E-state index in [1.807, 2.05) is 0 Å². The van der Waals surface area contributed by atoms with Gasteiger partial charge in [0.1, 0.15) is 0 Å². The minimum absolute atomic E-state index is 0.166. The molecule has 9 heavy (non-hydrogen) atoms. The Morgan fingerprint density at radius 3 is 2.33 bits per heavy atom. The molecule has 0 aromatic heterocycles. The van der Waals surface area contributed by atoms with Gasteiger partial charge in [-0.2, -0.15) is 0 Å². The summed E-state index contributed by atoms with van der Waals surface area (Å²) in [7, 11) is 0. The lowest BCUT2D eigenvalue weighted by atomic mass is 10.3. The SMILES string of the molecule is CCC(N)(C=O)S(=O)O. The summed E-state index contributed by atoms with van der Waals surface area (Å²) < 4.78 is 18.6. The van der Waals surface area contributed by atoms with E-state index in [2.05, 4.69) is 0 Å². The molecule has 0 saturated carbocycles. The highest BCUT2D eigenvalue weighted by molar-refractivity contribution is 7.81. The predicted octanol–water partition coefficient (Wildman–Crippen LogP) is -0.528. The summed E-state index contributed by atoms with van der Waals surface area (Å²) >= 11 is -2.26. The van der Waals surface area contributed by atoms with E-state index in [4.69, 9.17) is 10.3 Å². The van der Waals surface area contributed by atoms with Crippen molar-refractivity contribution in [1.82, 2.24) is 0 Å². The van der Waals surface area contributed by atoms with Gasteiger partial charge in [0.25, 0.3) is 0 Å². The Morgan fingerprint density at radius 2 is 2.33 bits per heavy atom. The van der Waals surface area contributed by atoms with E-state index in [9.17, 15) is 9.00 Å². The fourth-order valence-electron chi connectivity index (χ4n) is 0.248.